The maximum absolute atomic E-state index is 10.7. The Morgan fingerprint density at radius 3 is 2.79 bits per heavy atom. The minimum atomic E-state index is -0.829. The molecule has 0 radical (unpaired) electrons. The number of hydrogen-bond acceptors (Lipinski definition) is 3. The Morgan fingerprint density at radius 1 is 1.42 bits per heavy atom. The number of hydrogen-bond donors (Lipinski definition) is 3. The van der Waals surface area contributed by atoms with E-state index < -0.39 is 5.97 Å². The number of carbonyl (C=O) groups is 1. The quantitative estimate of drug-likeness (QED) is 0.334. The second-order valence-electron chi connectivity index (χ2n) is 4.34. The minimum absolute atomic E-state index is 0.0385. The number of carboxylic acid groups (broad SMARTS) is 1. The van der Waals surface area contributed by atoms with Gasteiger partial charge in [-0.1, -0.05) is 11.2 Å². The van der Waals surface area contributed by atoms with Crippen molar-refractivity contribution in [2.24, 2.45) is 17.9 Å². The fraction of sp³-hybridized carbons (Fsp3) is 0.231. The minimum Gasteiger partial charge on any atom is -0.481 e. The van der Waals surface area contributed by atoms with Crippen molar-refractivity contribution < 1.29 is 15.1 Å². The molecule has 0 aliphatic heterocycles. The van der Waals surface area contributed by atoms with Crippen LogP contribution in [0.2, 0.25) is 0 Å². The molecule has 6 heteroatoms. The van der Waals surface area contributed by atoms with E-state index in [0.717, 1.165) is 16.5 Å². The maximum atomic E-state index is 10.7. The zero-order chi connectivity index (χ0) is 14.0. The summed E-state index contributed by atoms with van der Waals surface area (Å²) in [6, 6.07) is 5.47. The fourth-order valence-corrected chi connectivity index (χ4v) is 2.20. The number of amidine groups is 1. The van der Waals surface area contributed by atoms with Crippen LogP contribution >= 0.6 is 0 Å². The van der Waals surface area contributed by atoms with Crippen molar-refractivity contribution in [3.05, 3.63) is 35.5 Å². The van der Waals surface area contributed by atoms with E-state index in [2.05, 4.69) is 5.16 Å². The number of fused-ring (bicyclic) bond motifs is 1. The molecule has 100 valence electrons. The van der Waals surface area contributed by atoms with E-state index in [0.29, 0.717) is 12.0 Å². The van der Waals surface area contributed by atoms with E-state index in [9.17, 15) is 4.79 Å². The third-order valence-corrected chi connectivity index (χ3v) is 3.12. The van der Waals surface area contributed by atoms with Crippen LogP contribution in [0.1, 0.15) is 17.5 Å². The largest absolute Gasteiger partial charge is 0.481 e. The lowest BCUT2D eigenvalue weighted by atomic mass is 10.0. The summed E-state index contributed by atoms with van der Waals surface area (Å²) >= 11 is 0. The highest BCUT2D eigenvalue weighted by Crippen LogP contribution is 2.24. The summed E-state index contributed by atoms with van der Waals surface area (Å²) in [5, 5.41) is 21.5. The lowest BCUT2D eigenvalue weighted by Crippen LogP contribution is -2.14. The third-order valence-electron chi connectivity index (χ3n) is 3.12. The standard InChI is InChI=1S/C13H15N3O3/c1-16-7-6-9-8(3-5-11(17)18)2-4-10(12(9)16)13(14)15-19/h2,4,6-7,19H,3,5H2,1H3,(H2,14,15)(H,17,18). The monoisotopic (exact) mass is 261 g/mol. The molecule has 0 fully saturated rings. The molecule has 0 aliphatic carbocycles. The topological polar surface area (TPSA) is 101 Å². The van der Waals surface area contributed by atoms with Crippen LogP contribution in [-0.4, -0.2) is 26.7 Å². The van der Waals surface area contributed by atoms with Gasteiger partial charge in [-0.25, -0.2) is 0 Å². The number of rotatable bonds is 4. The summed E-state index contributed by atoms with van der Waals surface area (Å²) in [6.07, 6.45) is 2.39. The summed E-state index contributed by atoms with van der Waals surface area (Å²) in [6.45, 7) is 0. The SMILES string of the molecule is Cn1ccc2c(CCC(=O)O)ccc(C(N)=NO)c21. The zero-order valence-electron chi connectivity index (χ0n) is 10.5. The Kier molecular flexibility index (Phi) is 3.41. The molecule has 4 N–H and O–H groups in total. The first-order valence-electron chi connectivity index (χ1n) is 5.81. The Bertz CT molecular complexity index is 658. The molecule has 1 aromatic carbocycles. The van der Waals surface area contributed by atoms with Gasteiger partial charge in [0.15, 0.2) is 5.84 Å². The Hall–Kier alpha value is -2.50. The predicted molar refractivity (Wildman–Crippen MR) is 71.4 cm³/mol. The number of oxime groups is 1. The molecular weight excluding hydrogens is 246 g/mol. The molecule has 19 heavy (non-hydrogen) atoms. The molecule has 1 heterocycles. The molecule has 1 aromatic heterocycles. The van der Waals surface area contributed by atoms with Crippen LogP contribution in [-0.2, 0) is 18.3 Å². The molecule has 0 spiro atoms. The van der Waals surface area contributed by atoms with Crippen molar-refractivity contribution in [2.45, 2.75) is 12.8 Å². The first-order valence-corrected chi connectivity index (χ1v) is 5.81. The lowest BCUT2D eigenvalue weighted by Gasteiger charge is -2.08. The summed E-state index contributed by atoms with van der Waals surface area (Å²) in [5.41, 5.74) is 8.05. The second kappa shape index (κ2) is 5.01. The average molecular weight is 261 g/mol. The maximum Gasteiger partial charge on any atom is 0.303 e. The molecule has 0 saturated carbocycles. The van der Waals surface area contributed by atoms with Gasteiger partial charge in [0, 0.05) is 30.6 Å². The Labute approximate surface area is 109 Å². The normalized spacial score (nSPS) is 11.9. The lowest BCUT2D eigenvalue weighted by molar-refractivity contribution is -0.136. The number of nitrogens with two attached hydrogens (primary N) is 1. The van der Waals surface area contributed by atoms with Crippen molar-refractivity contribution in [2.75, 3.05) is 0 Å². The first kappa shape index (κ1) is 12.9. The molecule has 2 aromatic rings. The third kappa shape index (κ3) is 2.37. The molecule has 2 rings (SSSR count). The predicted octanol–water partition coefficient (Wildman–Crippen LogP) is 1.29. The van der Waals surface area contributed by atoms with Gasteiger partial charge in [-0.3, -0.25) is 4.79 Å². The molecule has 6 nitrogen and oxygen atoms in total. The zero-order valence-corrected chi connectivity index (χ0v) is 10.5. The van der Waals surface area contributed by atoms with Crippen LogP contribution in [0, 0.1) is 0 Å². The van der Waals surface area contributed by atoms with Crippen LogP contribution < -0.4 is 5.73 Å². The van der Waals surface area contributed by atoms with Crippen LogP contribution in [0.4, 0.5) is 0 Å². The van der Waals surface area contributed by atoms with Gasteiger partial charge in [0.1, 0.15) is 0 Å². The number of carboxylic acids is 1. The number of aryl methyl sites for hydroxylation is 2. The number of nitrogens with zero attached hydrogens (tertiary/aromatic N) is 2. The van der Waals surface area contributed by atoms with Crippen molar-refractivity contribution in [3.8, 4) is 0 Å². The van der Waals surface area contributed by atoms with Crippen LogP contribution in [0.3, 0.4) is 0 Å². The van der Waals surface area contributed by atoms with Crippen LogP contribution in [0.15, 0.2) is 29.6 Å². The molecule has 0 saturated heterocycles. The van der Waals surface area contributed by atoms with Gasteiger partial charge in [0.2, 0.25) is 0 Å². The smallest absolute Gasteiger partial charge is 0.303 e. The van der Waals surface area contributed by atoms with Gasteiger partial charge >= 0.3 is 5.97 Å². The molecule has 0 amide bonds. The van der Waals surface area contributed by atoms with Gasteiger partial charge in [0.25, 0.3) is 0 Å². The highest BCUT2D eigenvalue weighted by molar-refractivity contribution is 6.08. The number of benzene rings is 1. The highest BCUT2D eigenvalue weighted by atomic mass is 16.4. The molecule has 0 unspecified atom stereocenters. The summed E-state index contributed by atoms with van der Waals surface area (Å²) in [5.74, 6) is -0.791. The van der Waals surface area contributed by atoms with E-state index in [-0.39, 0.29) is 12.3 Å². The van der Waals surface area contributed by atoms with Crippen molar-refractivity contribution in [1.29, 1.82) is 0 Å². The summed E-state index contributed by atoms with van der Waals surface area (Å²) in [4.78, 5) is 10.7. The van der Waals surface area contributed by atoms with Gasteiger partial charge in [-0.05, 0) is 24.1 Å². The van der Waals surface area contributed by atoms with Crippen LogP contribution in [0.5, 0.6) is 0 Å². The number of aromatic nitrogens is 1. The van der Waals surface area contributed by atoms with Crippen molar-refractivity contribution in [1.82, 2.24) is 4.57 Å². The Morgan fingerprint density at radius 2 is 2.16 bits per heavy atom. The van der Waals surface area contributed by atoms with Crippen LogP contribution in [0.25, 0.3) is 10.9 Å². The fourth-order valence-electron chi connectivity index (χ4n) is 2.20. The van der Waals surface area contributed by atoms with E-state index in [1.54, 1.807) is 6.07 Å². The van der Waals surface area contributed by atoms with E-state index >= 15 is 0 Å². The average Bonchev–Trinajstić information content (AvgIpc) is 2.78. The molecular formula is C13H15N3O3. The van der Waals surface area contributed by atoms with Crippen molar-refractivity contribution >= 4 is 22.7 Å². The molecule has 0 aliphatic rings. The van der Waals surface area contributed by atoms with Gasteiger partial charge in [0.05, 0.1) is 5.52 Å². The summed E-state index contributed by atoms with van der Waals surface area (Å²) < 4.78 is 1.87. The van der Waals surface area contributed by atoms with E-state index in [4.69, 9.17) is 16.0 Å². The van der Waals surface area contributed by atoms with Crippen molar-refractivity contribution in [3.63, 3.8) is 0 Å². The van der Waals surface area contributed by atoms with E-state index in [1.807, 2.05) is 29.9 Å². The molecule has 0 atom stereocenters. The van der Waals surface area contributed by atoms with Gasteiger partial charge < -0.3 is 20.6 Å². The van der Waals surface area contributed by atoms with Gasteiger partial charge in [-0.15, -0.1) is 0 Å². The summed E-state index contributed by atoms with van der Waals surface area (Å²) in [7, 11) is 1.86. The molecule has 0 bridgehead atoms. The Balaban J connectivity index is 2.56. The van der Waals surface area contributed by atoms with E-state index in [1.165, 1.54) is 0 Å². The second-order valence-corrected chi connectivity index (χ2v) is 4.34. The number of aliphatic carboxylic acids is 1. The highest BCUT2D eigenvalue weighted by Gasteiger charge is 2.12. The first-order chi connectivity index (χ1) is 9.04. The van der Waals surface area contributed by atoms with Gasteiger partial charge in [-0.2, -0.15) is 0 Å².